The Morgan fingerprint density at radius 2 is 1.91 bits per heavy atom. The summed E-state index contributed by atoms with van der Waals surface area (Å²) in [5, 5.41) is 5.53. The average molecular weight is 644 g/mol. The summed E-state index contributed by atoms with van der Waals surface area (Å²) in [7, 11) is 0. The maximum Gasteiger partial charge on any atom is 0.433 e. The van der Waals surface area contributed by atoms with Crippen LogP contribution in [0.2, 0.25) is 5.02 Å². The van der Waals surface area contributed by atoms with Crippen molar-refractivity contribution in [2.45, 2.75) is 26.9 Å². The van der Waals surface area contributed by atoms with E-state index >= 15 is 0 Å². The van der Waals surface area contributed by atoms with Crippen LogP contribution < -0.4 is 15.6 Å². The zero-order valence-corrected chi connectivity index (χ0v) is 25.7. The SMILES string of the molecule is CCOc1ccc(Cl)cc1-n1c(C=C(C)C)c(C(=O)N2CCNCC2)cc(-c2nc(-c3ccc(C(F)(F)F)nc3)cs2)c1=O. The van der Waals surface area contributed by atoms with Gasteiger partial charge in [-0.2, -0.15) is 13.2 Å². The van der Waals surface area contributed by atoms with Gasteiger partial charge in [0.1, 0.15) is 16.5 Å². The van der Waals surface area contributed by atoms with Crippen LogP contribution in [0.3, 0.4) is 0 Å². The number of allylic oxidation sites excluding steroid dienone is 1. The molecule has 44 heavy (non-hydrogen) atoms. The summed E-state index contributed by atoms with van der Waals surface area (Å²) in [4.78, 5) is 38.4. The second-order valence-corrected chi connectivity index (χ2v) is 11.6. The van der Waals surface area contributed by atoms with E-state index in [-0.39, 0.29) is 22.0 Å². The molecule has 230 valence electrons. The van der Waals surface area contributed by atoms with Gasteiger partial charge in [0.25, 0.3) is 11.5 Å². The molecule has 1 saturated heterocycles. The Labute approximate surface area is 260 Å². The zero-order valence-electron chi connectivity index (χ0n) is 24.2. The normalized spacial score (nSPS) is 13.6. The van der Waals surface area contributed by atoms with Crippen molar-refractivity contribution < 1.29 is 22.7 Å². The monoisotopic (exact) mass is 643 g/mol. The van der Waals surface area contributed by atoms with Crippen LogP contribution in [-0.4, -0.2) is 58.1 Å². The molecular weight excluding hydrogens is 615 g/mol. The third kappa shape index (κ3) is 6.57. The number of amides is 1. The van der Waals surface area contributed by atoms with Crippen LogP contribution in [-0.2, 0) is 6.18 Å². The van der Waals surface area contributed by atoms with Crippen LogP contribution in [0.25, 0.3) is 33.6 Å². The number of hydrogen-bond donors (Lipinski definition) is 1. The number of thiazole rings is 1. The van der Waals surface area contributed by atoms with Crippen LogP contribution in [0.1, 0.15) is 42.5 Å². The van der Waals surface area contributed by atoms with Gasteiger partial charge in [0.15, 0.2) is 0 Å². The van der Waals surface area contributed by atoms with E-state index in [1.165, 1.54) is 10.6 Å². The molecule has 0 aliphatic carbocycles. The smallest absolute Gasteiger partial charge is 0.433 e. The van der Waals surface area contributed by atoms with E-state index < -0.39 is 17.4 Å². The Hall–Kier alpha value is -4.00. The Morgan fingerprint density at radius 3 is 2.55 bits per heavy atom. The van der Waals surface area contributed by atoms with E-state index in [2.05, 4.69) is 15.3 Å². The van der Waals surface area contributed by atoms with Crippen molar-refractivity contribution in [3.8, 4) is 33.3 Å². The van der Waals surface area contributed by atoms with E-state index in [1.54, 1.807) is 40.6 Å². The first kappa shape index (κ1) is 31.4. The van der Waals surface area contributed by atoms with Gasteiger partial charge < -0.3 is 15.0 Å². The average Bonchev–Trinajstić information content (AvgIpc) is 3.48. The molecule has 0 bridgehead atoms. The molecule has 1 aliphatic heterocycles. The van der Waals surface area contributed by atoms with Crippen LogP contribution >= 0.6 is 22.9 Å². The number of alkyl halides is 3. The number of nitrogens with one attached hydrogen (secondary N) is 1. The summed E-state index contributed by atoms with van der Waals surface area (Å²) < 4.78 is 46.5. The van der Waals surface area contributed by atoms with Gasteiger partial charge in [-0.3, -0.25) is 19.1 Å². The lowest BCUT2D eigenvalue weighted by atomic mass is 10.0. The first-order chi connectivity index (χ1) is 21.0. The minimum absolute atomic E-state index is 0.146. The first-order valence-electron chi connectivity index (χ1n) is 13.8. The Balaban J connectivity index is 1.75. The molecule has 1 N–H and O–H groups in total. The molecule has 0 atom stereocenters. The van der Waals surface area contributed by atoms with Crippen molar-refractivity contribution in [1.82, 2.24) is 24.8 Å². The molecule has 1 fully saturated rings. The number of carbonyl (C=O) groups is 1. The number of aromatic nitrogens is 3. The number of nitrogens with zero attached hydrogens (tertiary/aromatic N) is 4. The summed E-state index contributed by atoms with van der Waals surface area (Å²) in [6.07, 6.45) is -1.70. The molecule has 0 spiro atoms. The molecule has 4 aromatic rings. The highest BCUT2D eigenvalue weighted by Gasteiger charge is 2.32. The Morgan fingerprint density at radius 1 is 1.16 bits per heavy atom. The number of benzene rings is 1. The second kappa shape index (κ2) is 12.9. The fraction of sp³-hybridized carbons (Fsp3) is 0.290. The minimum atomic E-state index is -4.57. The fourth-order valence-electron chi connectivity index (χ4n) is 4.83. The van der Waals surface area contributed by atoms with Gasteiger partial charge in [-0.15, -0.1) is 11.3 Å². The first-order valence-corrected chi connectivity index (χ1v) is 15.1. The molecule has 3 aromatic heterocycles. The molecule has 0 radical (unpaired) electrons. The van der Waals surface area contributed by atoms with E-state index in [0.717, 1.165) is 29.2 Å². The third-order valence-corrected chi connectivity index (χ3v) is 7.96. The summed E-state index contributed by atoms with van der Waals surface area (Å²) in [6, 6.07) is 8.66. The molecule has 4 heterocycles. The largest absolute Gasteiger partial charge is 0.492 e. The minimum Gasteiger partial charge on any atom is -0.492 e. The van der Waals surface area contributed by atoms with E-state index in [1.807, 2.05) is 20.8 Å². The van der Waals surface area contributed by atoms with Crippen LogP contribution in [0.4, 0.5) is 13.2 Å². The van der Waals surface area contributed by atoms with Gasteiger partial charge in [0.05, 0.1) is 34.8 Å². The van der Waals surface area contributed by atoms with Crippen LogP contribution in [0.5, 0.6) is 5.75 Å². The molecule has 1 aromatic carbocycles. The number of ether oxygens (including phenoxy) is 1. The molecular formula is C31H29ClF3N5O3S. The van der Waals surface area contributed by atoms with E-state index in [0.29, 0.717) is 66.2 Å². The van der Waals surface area contributed by atoms with Crippen molar-refractivity contribution in [2.24, 2.45) is 0 Å². The lowest BCUT2D eigenvalue weighted by Gasteiger charge is -2.29. The highest BCUT2D eigenvalue weighted by atomic mass is 35.5. The Bertz CT molecular complexity index is 1770. The fourth-order valence-corrected chi connectivity index (χ4v) is 5.84. The molecule has 5 rings (SSSR count). The topological polar surface area (TPSA) is 89.3 Å². The van der Waals surface area contributed by atoms with Crippen molar-refractivity contribution in [2.75, 3.05) is 32.8 Å². The number of piperazine rings is 1. The number of pyridine rings is 2. The summed E-state index contributed by atoms with van der Waals surface area (Å²) in [5.74, 6) is 0.147. The van der Waals surface area contributed by atoms with E-state index in [4.69, 9.17) is 16.3 Å². The summed E-state index contributed by atoms with van der Waals surface area (Å²) in [6.45, 7) is 8.14. The molecule has 1 amide bonds. The predicted molar refractivity (Wildman–Crippen MR) is 166 cm³/mol. The highest BCUT2D eigenvalue weighted by Crippen LogP contribution is 2.34. The molecule has 0 saturated carbocycles. The van der Waals surface area contributed by atoms with Crippen molar-refractivity contribution in [3.63, 3.8) is 0 Å². The van der Waals surface area contributed by atoms with Gasteiger partial charge in [-0.25, -0.2) is 4.98 Å². The highest BCUT2D eigenvalue weighted by molar-refractivity contribution is 7.13. The van der Waals surface area contributed by atoms with Crippen molar-refractivity contribution in [1.29, 1.82) is 0 Å². The zero-order chi connectivity index (χ0) is 31.6. The quantitative estimate of drug-likeness (QED) is 0.245. The van der Waals surface area contributed by atoms with Gasteiger partial charge in [0, 0.05) is 48.3 Å². The van der Waals surface area contributed by atoms with Gasteiger partial charge in [0.2, 0.25) is 0 Å². The van der Waals surface area contributed by atoms with Crippen LogP contribution in [0, 0.1) is 0 Å². The number of rotatable bonds is 7. The van der Waals surface area contributed by atoms with Gasteiger partial charge in [-0.05, 0) is 63.2 Å². The number of halogens is 4. The molecule has 8 nitrogen and oxygen atoms in total. The third-order valence-electron chi connectivity index (χ3n) is 6.85. The molecule has 0 unspecified atom stereocenters. The number of hydrogen-bond acceptors (Lipinski definition) is 7. The Kier molecular flexibility index (Phi) is 9.23. The summed E-state index contributed by atoms with van der Waals surface area (Å²) >= 11 is 7.55. The van der Waals surface area contributed by atoms with Gasteiger partial charge >= 0.3 is 6.18 Å². The van der Waals surface area contributed by atoms with Crippen molar-refractivity contribution in [3.05, 3.63) is 85.9 Å². The molecule has 1 aliphatic rings. The van der Waals surface area contributed by atoms with E-state index in [9.17, 15) is 22.8 Å². The van der Waals surface area contributed by atoms with Gasteiger partial charge in [-0.1, -0.05) is 17.2 Å². The molecule has 13 heteroatoms. The lowest BCUT2D eigenvalue weighted by Crippen LogP contribution is -2.47. The lowest BCUT2D eigenvalue weighted by molar-refractivity contribution is -0.141. The maximum atomic E-state index is 14.4. The summed E-state index contributed by atoms with van der Waals surface area (Å²) in [5.41, 5.74) is 1.23. The van der Waals surface area contributed by atoms with Crippen molar-refractivity contribution >= 4 is 34.9 Å². The van der Waals surface area contributed by atoms with Crippen LogP contribution in [0.15, 0.2) is 58.3 Å². The maximum absolute atomic E-state index is 14.4. The standard InChI is InChI=1S/C31H29ClF3N5O3S/c1-4-43-26-7-6-20(32)14-25(26)40-24(13-18(2)3)21(29(41)39-11-9-36-10-12-39)15-22(30(40)42)28-38-23(17-44-28)19-5-8-27(37-16-19)31(33,34)35/h5-8,13-17,36H,4,9-12H2,1-3H3. The second-order valence-electron chi connectivity index (χ2n) is 10.3. The number of carbonyl (C=O) groups excluding carboxylic acids is 1. The predicted octanol–water partition coefficient (Wildman–Crippen LogP) is 6.56.